The molecule has 1 radical (unpaired) electrons. The summed E-state index contributed by atoms with van der Waals surface area (Å²) in [7, 11) is 0. The van der Waals surface area contributed by atoms with Crippen molar-refractivity contribution in [3.05, 3.63) is 60.7 Å². The fraction of sp³-hybridized carbons (Fsp3) is 0. The van der Waals surface area contributed by atoms with Crippen LogP contribution in [0.3, 0.4) is 0 Å². The van der Waals surface area contributed by atoms with Gasteiger partial charge in [0.1, 0.15) is 0 Å². The standard InChI is InChI=1S/2C5H5.2BrH.V/c2*1-2-4-5-3-1;;;/h2*1-5H;2*1H;/q2*-1;;;+4/p-2. The van der Waals surface area contributed by atoms with E-state index >= 15 is 0 Å². The molecule has 3 heteroatoms. The molecule has 2 rings (SSSR count). The van der Waals surface area contributed by atoms with Gasteiger partial charge in [0.05, 0.1) is 0 Å². The van der Waals surface area contributed by atoms with Crippen LogP contribution < -0.4 is 34.0 Å². The summed E-state index contributed by atoms with van der Waals surface area (Å²) in [5, 5.41) is 0. The summed E-state index contributed by atoms with van der Waals surface area (Å²) in [5.74, 6) is 0. The molecule has 0 bridgehead atoms. The predicted molar refractivity (Wildman–Crippen MR) is 44.1 cm³/mol. The quantitative estimate of drug-likeness (QED) is 0.444. The Balaban J connectivity index is -0.000000125. The molecule has 0 aliphatic rings. The second kappa shape index (κ2) is 14.8. The number of hydrogen-bond acceptors (Lipinski definition) is 0. The Bertz CT molecular complexity index is 152. The first-order valence-electron chi connectivity index (χ1n) is 3.33. The van der Waals surface area contributed by atoms with E-state index in [1.54, 1.807) is 0 Å². The summed E-state index contributed by atoms with van der Waals surface area (Å²) in [6.07, 6.45) is 0. The van der Waals surface area contributed by atoms with Crippen LogP contribution in [0.2, 0.25) is 0 Å². The summed E-state index contributed by atoms with van der Waals surface area (Å²) >= 11 is 0. The van der Waals surface area contributed by atoms with Crippen molar-refractivity contribution in [3.63, 3.8) is 0 Å². The van der Waals surface area contributed by atoms with Gasteiger partial charge in [-0.15, -0.1) is 0 Å². The third-order valence-electron chi connectivity index (χ3n) is 1.11. The van der Waals surface area contributed by atoms with Crippen molar-refractivity contribution >= 4 is 0 Å². The van der Waals surface area contributed by atoms with Gasteiger partial charge in [-0.2, -0.15) is 36.4 Å². The van der Waals surface area contributed by atoms with E-state index in [1.165, 1.54) is 0 Å². The van der Waals surface area contributed by atoms with E-state index in [0.717, 1.165) is 0 Å². The van der Waals surface area contributed by atoms with Crippen molar-refractivity contribution in [3.8, 4) is 0 Å². The molecule has 0 atom stereocenters. The monoisotopic (exact) mass is 339 g/mol. The Morgan fingerprint density at radius 3 is 0.846 bits per heavy atom. The zero-order chi connectivity index (χ0) is 7.07. The Morgan fingerprint density at radius 2 is 0.769 bits per heavy atom. The van der Waals surface area contributed by atoms with Gasteiger partial charge in [0.15, 0.2) is 0 Å². The molecule has 0 heterocycles. The molecule has 0 aromatic heterocycles. The molecule has 0 saturated heterocycles. The van der Waals surface area contributed by atoms with Crippen molar-refractivity contribution in [2.45, 2.75) is 0 Å². The molecule has 0 amide bonds. The molecule has 69 valence electrons. The fourth-order valence-electron chi connectivity index (χ4n) is 0.642. The second-order valence-corrected chi connectivity index (χ2v) is 1.92. The first kappa shape index (κ1) is 18.9. The number of halogens is 2. The number of hydrogen-bond donors (Lipinski definition) is 0. The average molecular weight is 341 g/mol. The van der Waals surface area contributed by atoms with Gasteiger partial charge in [-0.25, -0.2) is 24.3 Å². The summed E-state index contributed by atoms with van der Waals surface area (Å²) in [6.45, 7) is 0. The normalized spacial score (nSPS) is 6.15. The van der Waals surface area contributed by atoms with Gasteiger partial charge in [0.25, 0.3) is 0 Å². The summed E-state index contributed by atoms with van der Waals surface area (Å²) in [4.78, 5) is 0. The van der Waals surface area contributed by atoms with Gasteiger partial charge in [-0.1, -0.05) is 0 Å². The van der Waals surface area contributed by atoms with E-state index in [4.69, 9.17) is 0 Å². The van der Waals surface area contributed by atoms with Crippen LogP contribution in [0, 0.1) is 0 Å². The molecule has 0 N–H and O–H groups in total. The smallest absolute Gasteiger partial charge is 1.00 e. The van der Waals surface area contributed by atoms with E-state index in [-0.39, 0.29) is 52.5 Å². The fourth-order valence-corrected chi connectivity index (χ4v) is 0.642. The maximum absolute atomic E-state index is 2.00. The maximum atomic E-state index is 2.00. The van der Waals surface area contributed by atoms with Crippen molar-refractivity contribution in [1.82, 2.24) is 0 Å². The van der Waals surface area contributed by atoms with E-state index in [2.05, 4.69) is 0 Å². The zero-order valence-corrected chi connectivity index (χ0v) is 11.5. The zero-order valence-electron chi connectivity index (χ0n) is 6.98. The topological polar surface area (TPSA) is 0 Å². The average Bonchev–Trinajstić information content (AvgIpc) is 2.67. The van der Waals surface area contributed by atoms with Crippen LogP contribution in [0.4, 0.5) is 0 Å². The van der Waals surface area contributed by atoms with Gasteiger partial charge in [-0.3, -0.25) is 0 Å². The Morgan fingerprint density at radius 1 is 0.538 bits per heavy atom. The van der Waals surface area contributed by atoms with Crippen LogP contribution in [-0.2, 0) is 18.6 Å². The maximum Gasteiger partial charge on any atom is 4.00 e. The number of rotatable bonds is 0. The molecule has 0 unspecified atom stereocenters. The first-order chi connectivity index (χ1) is 5.00. The molecule has 2 aromatic carbocycles. The van der Waals surface area contributed by atoms with Gasteiger partial charge in [0, 0.05) is 0 Å². The molecular weight excluding hydrogens is 331 g/mol. The Hall–Kier alpha value is 0.244. The Kier molecular flexibility index (Phi) is 21.5. The van der Waals surface area contributed by atoms with Crippen LogP contribution in [0.15, 0.2) is 60.7 Å². The van der Waals surface area contributed by atoms with Crippen LogP contribution in [0.1, 0.15) is 0 Å². The molecule has 0 spiro atoms. The Labute approximate surface area is 113 Å². The van der Waals surface area contributed by atoms with Gasteiger partial charge in [-0.05, 0) is 0 Å². The largest absolute Gasteiger partial charge is 4.00 e. The van der Waals surface area contributed by atoms with Gasteiger partial charge in [0.2, 0.25) is 0 Å². The third-order valence-corrected chi connectivity index (χ3v) is 1.11. The summed E-state index contributed by atoms with van der Waals surface area (Å²) in [5.41, 5.74) is 0. The minimum atomic E-state index is 0. The van der Waals surface area contributed by atoms with Crippen molar-refractivity contribution < 1.29 is 52.5 Å². The van der Waals surface area contributed by atoms with Crippen molar-refractivity contribution in [2.75, 3.05) is 0 Å². The molecular formula is C10H10Br2V. The second-order valence-electron chi connectivity index (χ2n) is 1.92. The van der Waals surface area contributed by atoms with Crippen LogP contribution in [0.5, 0.6) is 0 Å². The molecule has 0 saturated carbocycles. The molecule has 0 nitrogen and oxygen atoms in total. The van der Waals surface area contributed by atoms with Crippen LogP contribution in [0.25, 0.3) is 0 Å². The SMILES string of the molecule is [Br-].[Br-].[V+4].c1cc[cH-]c1.c1cc[cH-]c1. The molecule has 13 heavy (non-hydrogen) atoms. The molecule has 0 fully saturated rings. The summed E-state index contributed by atoms with van der Waals surface area (Å²) in [6, 6.07) is 20.0. The van der Waals surface area contributed by atoms with Gasteiger partial charge < -0.3 is 34.0 Å². The van der Waals surface area contributed by atoms with E-state index in [0.29, 0.717) is 0 Å². The minimum absolute atomic E-state index is 0. The van der Waals surface area contributed by atoms with Crippen molar-refractivity contribution in [1.29, 1.82) is 0 Å². The van der Waals surface area contributed by atoms with Crippen LogP contribution >= 0.6 is 0 Å². The minimum Gasteiger partial charge on any atom is -1.00 e. The van der Waals surface area contributed by atoms with Crippen LogP contribution in [-0.4, -0.2) is 0 Å². The molecule has 0 aliphatic carbocycles. The molecule has 0 aliphatic heterocycles. The van der Waals surface area contributed by atoms with E-state index in [1.807, 2.05) is 60.7 Å². The first-order valence-corrected chi connectivity index (χ1v) is 3.33. The van der Waals surface area contributed by atoms with Crippen molar-refractivity contribution in [2.24, 2.45) is 0 Å². The molecule has 2 aromatic rings. The van der Waals surface area contributed by atoms with E-state index in [9.17, 15) is 0 Å². The predicted octanol–water partition coefficient (Wildman–Crippen LogP) is -3.18. The third kappa shape index (κ3) is 12.2. The summed E-state index contributed by atoms with van der Waals surface area (Å²) < 4.78 is 0. The van der Waals surface area contributed by atoms with Gasteiger partial charge >= 0.3 is 18.6 Å². The van der Waals surface area contributed by atoms with E-state index < -0.39 is 0 Å².